The van der Waals surface area contributed by atoms with Gasteiger partial charge >= 0.3 is 288 Å². The van der Waals surface area contributed by atoms with Gasteiger partial charge in [-0.3, -0.25) is 0 Å². The van der Waals surface area contributed by atoms with Crippen LogP contribution in [0.4, 0.5) is 0 Å². The molecule has 0 radical (unpaired) electrons. The molecule has 0 nitrogen and oxygen atoms in total. The Morgan fingerprint density at radius 2 is 0.938 bits per heavy atom. The van der Waals surface area contributed by atoms with Crippen molar-refractivity contribution < 1.29 is 46.1 Å². The number of fused-ring (bicyclic) bond motifs is 3. The summed E-state index contributed by atoms with van der Waals surface area (Å²) in [5, 5.41) is 0. The summed E-state index contributed by atoms with van der Waals surface area (Å²) in [6.07, 6.45) is 0. The minimum atomic E-state index is -2.90. The fraction of sp³-hybridized carbons (Fsp3) is 0.356. The summed E-state index contributed by atoms with van der Waals surface area (Å²) in [4.78, 5) is 0. The molecule has 0 bridgehead atoms. The van der Waals surface area contributed by atoms with E-state index in [4.69, 9.17) is 0 Å². The maximum atomic E-state index is 2.61. The molecule has 6 rings (SSSR count). The molecule has 0 N–H and O–H groups in total. The maximum absolute atomic E-state index is 2.90. The third kappa shape index (κ3) is 6.87. The molecule has 0 fully saturated rings. The second-order valence-electron chi connectivity index (χ2n) is 16.1. The number of aryl methyl sites for hydroxylation is 2. The second-order valence-corrected chi connectivity index (χ2v) is 22.1. The van der Waals surface area contributed by atoms with Crippen molar-refractivity contribution in [3.8, 4) is 11.1 Å². The van der Waals surface area contributed by atoms with Crippen molar-refractivity contribution in [3.63, 3.8) is 0 Å². The zero-order chi connectivity index (χ0) is 33.3. The van der Waals surface area contributed by atoms with Crippen molar-refractivity contribution in [1.82, 2.24) is 0 Å². The van der Waals surface area contributed by atoms with Crippen LogP contribution in [-0.2, 0) is 32.1 Å². The molecule has 2 aliphatic carbocycles. The van der Waals surface area contributed by atoms with Crippen LogP contribution in [0.3, 0.4) is 0 Å². The van der Waals surface area contributed by atoms with Gasteiger partial charge in [0.15, 0.2) is 0 Å². The van der Waals surface area contributed by atoms with Crippen LogP contribution in [0.1, 0.15) is 117 Å². The summed E-state index contributed by atoms with van der Waals surface area (Å²) < 4.78 is 3.80. The van der Waals surface area contributed by atoms with Gasteiger partial charge in [-0.2, -0.15) is 0 Å². The van der Waals surface area contributed by atoms with E-state index in [9.17, 15) is 0 Å². The van der Waals surface area contributed by atoms with E-state index in [-0.39, 0.29) is 35.6 Å². The predicted molar refractivity (Wildman–Crippen MR) is 197 cm³/mol. The van der Waals surface area contributed by atoms with Crippen molar-refractivity contribution >= 4 is 3.21 Å². The summed E-state index contributed by atoms with van der Waals surface area (Å²) in [6, 6.07) is 33.9. The van der Waals surface area contributed by atoms with Gasteiger partial charge in [0, 0.05) is 0 Å². The molecule has 0 heterocycles. The smallest absolute Gasteiger partial charge is 1.00 e. The monoisotopic (exact) mass is 752 g/mol. The number of rotatable bonds is 4. The molecule has 1 atom stereocenters. The number of halogens is 2. The molecule has 0 spiro atoms. The first-order valence-electron chi connectivity index (χ1n) is 17.1. The quantitative estimate of drug-likeness (QED) is 0.236. The van der Waals surface area contributed by atoms with Gasteiger partial charge < -0.3 is 24.8 Å². The van der Waals surface area contributed by atoms with E-state index in [1.54, 1.807) is 28.8 Å². The second kappa shape index (κ2) is 14.1. The van der Waals surface area contributed by atoms with Gasteiger partial charge in [-0.05, 0) is 0 Å². The average molecular weight is 755 g/mol. The van der Waals surface area contributed by atoms with Gasteiger partial charge in [0.2, 0.25) is 0 Å². The van der Waals surface area contributed by atoms with Crippen molar-refractivity contribution in [2.75, 3.05) is 0 Å². The van der Waals surface area contributed by atoms with Crippen LogP contribution in [0, 0.1) is 19.8 Å². The Morgan fingerprint density at radius 1 is 0.542 bits per heavy atom. The molecule has 0 aliphatic heterocycles. The number of benzene rings is 4. The van der Waals surface area contributed by atoms with Gasteiger partial charge in [0.05, 0.1) is 0 Å². The molecule has 1 unspecified atom stereocenters. The first-order chi connectivity index (χ1) is 21.6. The summed E-state index contributed by atoms with van der Waals surface area (Å²) in [6.45, 7) is 28.3. The predicted octanol–water partition coefficient (Wildman–Crippen LogP) is 6.12. The van der Waals surface area contributed by atoms with Crippen LogP contribution < -0.4 is 24.8 Å². The Labute approximate surface area is 311 Å². The van der Waals surface area contributed by atoms with Gasteiger partial charge in [-0.1, -0.05) is 0 Å². The van der Waals surface area contributed by atoms with Gasteiger partial charge in [-0.15, -0.1) is 0 Å². The molecule has 48 heavy (non-hydrogen) atoms. The average Bonchev–Trinajstić information content (AvgIpc) is 3.42. The van der Waals surface area contributed by atoms with E-state index in [1.807, 2.05) is 0 Å². The summed E-state index contributed by atoms with van der Waals surface area (Å²) in [7, 11) is 0. The minimum absolute atomic E-state index is 0. The standard InChI is InChI=1S/C21H25.C15H14.C9H13.2ClH.Zr/c1-20(2,3)16-7-9-18-14(12-16)11-15-13-17(21(4,5)6)8-10-19(15)18;1-12-3-7-14(8-4-12)11-15-9-5-13(2)6-10-15;1-6-5-7(2)9(4)8(6)3;;;/h7-13H,1-6H3;3-10H,1-2H3;6H,1-4H3;2*1H;/q;;;;;+2/p-2. The molecule has 4 aromatic rings. The van der Waals surface area contributed by atoms with E-state index < -0.39 is 21.3 Å². The SMILES string of the molecule is CC1=C(C)C(C)[C]([Zr+2](=[C](c2ccc(C)cc2)c2ccc(C)cc2)[CH]2c3cc(C(C)(C)C)ccc3-c3ccc(C(C)(C)C)cc32)=C1C.[Cl-].[Cl-]. The van der Waals surface area contributed by atoms with E-state index in [0.717, 1.165) is 0 Å². The summed E-state index contributed by atoms with van der Waals surface area (Å²) in [5.41, 5.74) is 19.1. The van der Waals surface area contributed by atoms with E-state index in [0.29, 0.717) is 9.54 Å². The number of hydrogen-bond acceptors (Lipinski definition) is 0. The molecule has 2 aliphatic rings. The van der Waals surface area contributed by atoms with Crippen LogP contribution in [0.25, 0.3) is 11.1 Å². The third-order valence-electron chi connectivity index (χ3n) is 10.9. The molecule has 0 saturated carbocycles. The Kier molecular flexibility index (Phi) is 11.3. The Bertz CT molecular complexity index is 1830. The molecule has 0 aromatic heterocycles. The van der Waals surface area contributed by atoms with Gasteiger partial charge in [0.25, 0.3) is 0 Å². The Balaban J connectivity index is 0.00000260. The molecular formula is C45H52Cl2Zr. The zero-order valence-corrected chi connectivity index (χ0v) is 35.0. The normalized spacial score (nSPS) is 15.8. The molecule has 4 aromatic carbocycles. The largest absolute Gasteiger partial charge is 1.00 e. The number of hydrogen-bond donors (Lipinski definition) is 0. The van der Waals surface area contributed by atoms with Crippen molar-refractivity contribution in [2.24, 2.45) is 5.92 Å². The van der Waals surface area contributed by atoms with Gasteiger partial charge in [0.1, 0.15) is 0 Å². The van der Waals surface area contributed by atoms with Crippen LogP contribution in [0.15, 0.2) is 105 Å². The maximum Gasteiger partial charge on any atom is -1.00 e. The van der Waals surface area contributed by atoms with E-state index in [2.05, 4.69) is 168 Å². The molecule has 0 saturated heterocycles. The topological polar surface area (TPSA) is 0 Å². The molecule has 250 valence electrons. The van der Waals surface area contributed by atoms with Crippen LogP contribution in [0.5, 0.6) is 0 Å². The van der Waals surface area contributed by atoms with Gasteiger partial charge in [-0.25, -0.2) is 0 Å². The Morgan fingerprint density at radius 3 is 1.27 bits per heavy atom. The fourth-order valence-electron chi connectivity index (χ4n) is 7.66. The number of allylic oxidation sites excluding steroid dienone is 4. The molecule has 0 amide bonds. The summed E-state index contributed by atoms with van der Waals surface area (Å²) >= 11 is -2.90. The Hall–Kier alpha value is -2.31. The van der Waals surface area contributed by atoms with E-state index in [1.165, 1.54) is 50.1 Å². The third-order valence-corrected chi connectivity index (χ3v) is 20.0. The minimum Gasteiger partial charge on any atom is -1.00 e. The zero-order valence-electron chi connectivity index (χ0n) is 31.0. The van der Waals surface area contributed by atoms with Crippen molar-refractivity contribution in [1.29, 1.82) is 0 Å². The van der Waals surface area contributed by atoms with Crippen LogP contribution >= 0.6 is 0 Å². The summed E-state index contributed by atoms with van der Waals surface area (Å²) in [5.74, 6) is 0.462. The van der Waals surface area contributed by atoms with E-state index >= 15 is 0 Å². The first kappa shape index (κ1) is 38.5. The van der Waals surface area contributed by atoms with Crippen LogP contribution in [-0.4, -0.2) is 3.21 Å². The molecule has 3 heteroatoms. The molecular weight excluding hydrogens is 703 g/mol. The van der Waals surface area contributed by atoms with Crippen LogP contribution in [0.2, 0.25) is 0 Å². The first-order valence-corrected chi connectivity index (χ1v) is 21.0. The van der Waals surface area contributed by atoms with Crippen molar-refractivity contribution in [3.05, 3.63) is 149 Å². The fourth-order valence-corrected chi connectivity index (χ4v) is 18.0. The van der Waals surface area contributed by atoms with Crippen molar-refractivity contribution in [2.45, 2.75) is 97.5 Å².